The van der Waals surface area contributed by atoms with Crippen molar-refractivity contribution in [3.05, 3.63) is 29.3 Å². The van der Waals surface area contributed by atoms with E-state index in [9.17, 15) is 8.78 Å². The Labute approximate surface area is 101 Å². The Morgan fingerprint density at radius 2 is 2.06 bits per heavy atom. The molecule has 0 saturated heterocycles. The quantitative estimate of drug-likeness (QED) is 0.829. The minimum atomic E-state index is -0.473. The largest absolute Gasteiger partial charge is 0.382 e. The molecule has 1 aromatic rings. The molecule has 94 valence electrons. The summed E-state index contributed by atoms with van der Waals surface area (Å²) >= 11 is 0. The number of fused-ring (bicyclic) bond motifs is 1. The van der Waals surface area contributed by atoms with Crippen LogP contribution < -0.4 is 5.32 Å². The summed E-state index contributed by atoms with van der Waals surface area (Å²) in [6, 6.07) is 2.45. The first-order valence-electron chi connectivity index (χ1n) is 6.36. The first-order valence-corrected chi connectivity index (χ1v) is 6.36. The summed E-state index contributed by atoms with van der Waals surface area (Å²) in [7, 11) is 0. The zero-order valence-corrected chi connectivity index (χ0v) is 10.4. The second-order valence-electron chi connectivity index (χ2n) is 4.90. The lowest BCUT2D eigenvalue weighted by molar-refractivity contribution is 0.400. The van der Waals surface area contributed by atoms with Gasteiger partial charge in [-0.05, 0) is 24.5 Å². The second kappa shape index (κ2) is 4.63. The molecule has 0 amide bonds. The van der Waals surface area contributed by atoms with Crippen molar-refractivity contribution in [2.75, 3.05) is 11.9 Å². The highest BCUT2D eigenvalue weighted by Gasteiger charge is 2.38. The molecule has 0 spiro atoms. The number of hydrogen-bond donors (Lipinski definition) is 1. The lowest BCUT2D eigenvalue weighted by atomic mass is 9.76. The third-order valence-electron chi connectivity index (χ3n) is 3.92. The molecule has 0 fully saturated rings. The minimum Gasteiger partial charge on any atom is -0.382 e. The highest BCUT2D eigenvalue weighted by Crippen LogP contribution is 2.44. The number of rotatable bonds is 4. The number of hydrogen-bond acceptors (Lipinski definition) is 1. The van der Waals surface area contributed by atoms with E-state index in [-0.39, 0.29) is 5.41 Å². The predicted molar refractivity (Wildman–Crippen MR) is 66.3 cm³/mol. The fourth-order valence-corrected chi connectivity index (χ4v) is 2.75. The van der Waals surface area contributed by atoms with Crippen LogP contribution in [0.25, 0.3) is 0 Å². The summed E-state index contributed by atoms with van der Waals surface area (Å²) in [5.74, 6) is -0.939. The Morgan fingerprint density at radius 1 is 1.29 bits per heavy atom. The SMILES string of the molecule is CCCCC1(CC)CNc2c(F)cc(F)cc21. The van der Waals surface area contributed by atoms with Gasteiger partial charge in [0.15, 0.2) is 0 Å². The maximum Gasteiger partial charge on any atom is 0.149 e. The van der Waals surface area contributed by atoms with Gasteiger partial charge in [-0.2, -0.15) is 0 Å². The van der Waals surface area contributed by atoms with Gasteiger partial charge < -0.3 is 5.32 Å². The standard InChI is InChI=1S/C14H19F2N/c1-3-5-6-14(4-2)9-17-13-11(14)7-10(15)8-12(13)16/h7-8,17H,3-6,9H2,1-2H3. The maximum absolute atomic E-state index is 13.7. The third-order valence-corrected chi connectivity index (χ3v) is 3.92. The van der Waals surface area contributed by atoms with E-state index in [0.717, 1.165) is 43.9 Å². The molecule has 0 radical (unpaired) electrons. The van der Waals surface area contributed by atoms with E-state index in [0.29, 0.717) is 5.69 Å². The van der Waals surface area contributed by atoms with Gasteiger partial charge >= 0.3 is 0 Å². The van der Waals surface area contributed by atoms with Crippen molar-refractivity contribution in [1.29, 1.82) is 0 Å². The van der Waals surface area contributed by atoms with E-state index in [2.05, 4.69) is 19.2 Å². The third kappa shape index (κ3) is 2.03. The molecule has 1 heterocycles. The zero-order chi connectivity index (χ0) is 12.5. The van der Waals surface area contributed by atoms with Gasteiger partial charge in [-0.3, -0.25) is 0 Å². The van der Waals surface area contributed by atoms with Crippen LogP contribution in [-0.2, 0) is 5.41 Å². The van der Waals surface area contributed by atoms with Crippen LogP contribution in [0.4, 0.5) is 14.5 Å². The van der Waals surface area contributed by atoms with Gasteiger partial charge in [0.05, 0.1) is 5.69 Å². The van der Waals surface area contributed by atoms with Gasteiger partial charge in [-0.25, -0.2) is 8.78 Å². The molecule has 1 N–H and O–H groups in total. The molecule has 1 aliphatic rings. The molecule has 1 aliphatic heterocycles. The number of anilines is 1. The molecular weight excluding hydrogens is 220 g/mol. The molecule has 0 bridgehead atoms. The normalized spacial score (nSPS) is 22.4. The average Bonchev–Trinajstić information content (AvgIpc) is 2.66. The Bertz CT molecular complexity index is 417. The summed E-state index contributed by atoms with van der Waals surface area (Å²) in [6.45, 7) is 4.95. The van der Waals surface area contributed by atoms with Gasteiger partial charge in [-0.15, -0.1) is 0 Å². The van der Waals surface area contributed by atoms with E-state index < -0.39 is 11.6 Å². The molecule has 1 atom stereocenters. The van der Waals surface area contributed by atoms with E-state index in [1.54, 1.807) is 0 Å². The average molecular weight is 239 g/mol. The van der Waals surface area contributed by atoms with E-state index in [4.69, 9.17) is 0 Å². The van der Waals surface area contributed by atoms with Gasteiger partial charge in [-0.1, -0.05) is 26.7 Å². The number of benzene rings is 1. The molecule has 2 rings (SSSR count). The van der Waals surface area contributed by atoms with E-state index in [1.807, 2.05) is 0 Å². The lowest BCUT2D eigenvalue weighted by Crippen LogP contribution is -2.27. The number of unbranched alkanes of at least 4 members (excludes halogenated alkanes) is 1. The summed E-state index contributed by atoms with van der Waals surface area (Å²) in [4.78, 5) is 0. The summed E-state index contributed by atoms with van der Waals surface area (Å²) in [5.41, 5.74) is 1.24. The molecule has 0 aliphatic carbocycles. The van der Waals surface area contributed by atoms with Crippen molar-refractivity contribution >= 4 is 5.69 Å². The minimum absolute atomic E-state index is 0.0890. The van der Waals surface area contributed by atoms with Crippen molar-refractivity contribution in [1.82, 2.24) is 0 Å². The van der Waals surface area contributed by atoms with Crippen molar-refractivity contribution < 1.29 is 8.78 Å². The summed E-state index contributed by atoms with van der Waals surface area (Å²) < 4.78 is 27.0. The molecule has 17 heavy (non-hydrogen) atoms. The summed E-state index contributed by atoms with van der Waals surface area (Å²) in [5, 5.41) is 3.10. The maximum atomic E-state index is 13.7. The fraction of sp³-hybridized carbons (Fsp3) is 0.571. The smallest absolute Gasteiger partial charge is 0.149 e. The van der Waals surface area contributed by atoms with Crippen LogP contribution in [0.15, 0.2) is 12.1 Å². The Kier molecular flexibility index (Phi) is 3.36. The van der Waals surface area contributed by atoms with Gasteiger partial charge in [0, 0.05) is 18.0 Å². The predicted octanol–water partition coefficient (Wildman–Crippen LogP) is 4.23. The van der Waals surface area contributed by atoms with Crippen LogP contribution in [0.3, 0.4) is 0 Å². The highest BCUT2D eigenvalue weighted by molar-refractivity contribution is 5.61. The molecule has 1 aromatic carbocycles. The van der Waals surface area contributed by atoms with Gasteiger partial charge in [0.2, 0.25) is 0 Å². The van der Waals surface area contributed by atoms with Crippen molar-refractivity contribution in [2.45, 2.75) is 44.9 Å². The van der Waals surface area contributed by atoms with Crippen LogP contribution in [0.1, 0.15) is 45.1 Å². The molecule has 1 nitrogen and oxygen atoms in total. The van der Waals surface area contributed by atoms with Gasteiger partial charge in [0.1, 0.15) is 11.6 Å². The monoisotopic (exact) mass is 239 g/mol. The van der Waals surface area contributed by atoms with E-state index >= 15 is 0 Å². The van der Waals surface area contributed by atoms with Crippen molar-refractivity contribution in [3.8, 4) is 0 Å². The van der Waals surface area contributed by atoms with Crippen molar-refractivity contribution in [2.24, 2.45) is 0 Å². The van der Waals surface area contributed by atoms with Crippen LogP contribution >= 0.6 is 0 Å². The van der Waals surface area contributed by atoms with Crippen LogP contribution in [0.5, 0.6) is 0 Å². The van der Waals surface area contributed by atoms with E-state index in [1.165, 1.54) is 6.07 Å². The topological polar surface area (TPSA) is 12.0 Å². The Hall–Kier alpha value is -1.12. The number of nitrogens with one attached hydrogen (secondary N) is 1. The second-order valence-corrected chi connectivity index (χ2v) is 4.90. The molecule has 3 heteroatoms. The zero-order valence-electron chi connectivity index (χ0n) is 10.4. The molecular formula is C14H19F2N. The highest BCUT2D eigenvalue weighted by atomic mass is 19.1. The molecule has 0 saturated carbocycles. The first kappa shape index (κ1) is 12.3. The van der Waals surface area contributed by atoms with Gasteiger partial charge in [0.25, 0.3) is 0 Å². The fourth-order valence-electron chi connectivity index (χ4n) is 2.75. The van der Waals surface area contributed by atoms with Crippen molar-refractivity contribution in [3.63, 3.8) is 0 Å². The van der Waals surface area contributed by atoms with Crippen LogP contribution in [0.2, 0.25) is 0 Å². The molecule has 1 unspecified atom stereocenters. The molecule has 0 aromatic heterocycles. The number of halogens is 2. The lowest BCUT2D eigenvalue weighted by Gasteiger charge is -2.27. The van der Waals surface area contributed by atoms with Crippen LogP contribution in [-0.4, -0.2) is 6.54 Å². The Balaban J connectivity index is 2.42. The Morgan fingerprint density at radius 3 is 2.71 bits per heavy atom. The summed E-state index contributed by atoms with van der Waals surface area (Å²) in [6.07, 6.45) is 4.10. The first-order chi connectivity index (χ1) is 8.13. The van der Waals surface area contributed by atoms with Crippen LogP contribution in [0, 0.1) is 11.6 Å².